The second-order valence-electron chi connectivity index (χ2n) is 4.76. The molecule has 1 aromatic carbocycles. The quantitative estimate of drug-likeness (QED) is 0.625. The van der Waals surface area contributed by atoms with Crippen molar-refractivity contribution in [3.05, 3.63) is 41.3 Å². The van der Waals surface area contributed by atoms with Crippen LogP contribution in [0.5, 0.6) is 5.75 Å². The highest BCUT2D eigenvalue weighted by Gasteiger charge is 2.60. The van der Waals surface area contributed by atoms with Gasteiger partial charge in [-0.25, -0.2) is 4.79 Å². The predicted molar refractivity (Wildman–Crippen MR) is 73.9 cm³/mol. The van der Waals surface area contributed by atoms with Crippen LogP contribution in [0, 0.1) is 0 Å². The highest BCUT2D eigenvalue weighted by molar-refractivity contribution is 6.07. The van der Waals surface area contributed by atoms with Gasteiger partial charge in [0.1, 0.15) is 17.6 Å². The first-order valence-electron chi connectivity index (χ1n) is 6.61. The number of aromatic hydroxyl groups is 1. The van der Waals surface area contributed by atoms with E-state index < -0.39 is 47.0 Å². The van der Waals surface area contributed by atoms with Crippen LogP contribution in [0.25, 0.3) is 0 Å². The molecule has 0 aliphatic rings. The molecule has 1 heterocycles. The average Bonchev–Trinajstić information content (AvgIpc) is 3.02. The summed E-state index contributed by atoms with van der Waals surface area (Å²) >= 11 is 0. The van der Waals surface area contributed by atoms with Crippen LogP contribution in [-0.2, 0) is 10.7 Å². The van der Waals surface area contributed by atoms with Gasteiger partial charge in [0.2, 0.25) is 0 Å². The summed E-state index contributed by atoms with van der Waals surface area (Å²) in [6.45, 7) is 0. The number of rotatable bonds is 4. The van der Waals surface area contributed by atoms with Crippen molar-refractivity contribution >= 4 is 17.9 Å². The lowest BCUT2D eigenvalue weighted by Crippen LogP contribution is -2.34. The third-order valence-electron chi connectivity index (χ3n) is 3.09. The Labute approximate surface area is 141 Å². The Bertz CT molecular complexity index is 846. The van der Waals surface area contributed by atoms with Crippen molar-refractivity contribution in [2.75, 3.05) is 12.4 Å². The molecule has 0 saturated carbocycles. The van der Waals surface area contributed by atoms with Gasteiger partial charge in [-0.2, -0.15) is 26.9 Å². The van der Waals surface area contributed by atoms with Crippen molar-refractivity contribution in [2.45, 2.75) is 12.1 Å². The monoisotopic (exact) mass is 380 g/mol. The van der Waals surface area contributed by atoms with E-state index in [0.29, 0.717) is 0 Å². The summed E-state index contributed by atoms with van der Waals surface area (Å²) in [5, 5.41) is 11.7. The number of hydrogen-bond donors (Lipinski definition) is 2. The Morgan fingerprint density at radius 2 is 1.81 bits per heavy atom. The van der Waals surface area contributed by atoms with Crippen molar-refractivity contribution in [3.8, 4) is 5.75 Å². The molecule has 0 aliphatic carbocycles. The number of anilines is 1. The molecule has 12 heteroatoms. The van der Waals surface area contributed by atoms with E-state index in [1.165, 1.54) is 6.07 Å². The summed E-state index contributed by atoms with van der Waals surface area (Å²) < 4.78 is 71.8. The van der Waals surface area contributed by atoms with Gasteiger partial charge < -0.3 is 14.3 Å². The van der Waals surface area contributed by atoms with Gasteiger partial charge in [0.25, 0.3) is 5.91 Å². The lowest BCUT2D eigenvalue weighted by molar-refractivity contribution is -0.290. The number of halogens is 5. The van der Waals surface area contributed by atoms with Crippen LogP contribution in [0.1, 0.15) is 26.4 Å². The van der Waals surface area contributed by atoms with E-state index in [9.17, 15) is 36.6 Å². The topological polar surface area (TPSA) is 102 Å². The van der Waals surface area contributed by atoms with E-state index in [-0.39, 0.29) is 11.8 Å². The number of carbonyl (C=O) groups excluding carboxylic acids is 2. The Morgan fingerprint density at radius 3 is 2.38 bits per heavy atom. The molecule has 0 unspecified atom stereocenters. The van der Waals surface area contributed by atoms with Crippen molar-refractivity contribution in [3.63, 3.8) is 0 Å². The second-order valence-corrected chi connectivity index (χ2v) is 4.76. The summed E-state index contributed by atoms with van der Waals surface area (Å²) in [6, 6.07) is 2.45. The Morgan fingerprint density at radius 1 is 1.19 bits per heavy atom. The molecule has 7 nitrogen and oxygen atoms in total. The van der Waals surface area contributed by atoms with Crippen molar-refractivity contribution < 1.29 is 45.8 Å². The summed E-state index contributed by atoms with van der Waals surface area (Å²) in [5.74, 6) is -8.20. The zero-order valence-corrected chi connectivity index (χ0v) is 12.7. The first-order valence-corrected chi connectivity index (χ1v) is 6.61. The highest BCUT2D eigenvalue weighted by atomic mass is 19.4. The molecule has 26 heavy (non-hydrogen) atoms. The number of methoxy groups -OCH3 is 1. The number of hydrogen-bond acceptors (Lipinski definition) is 6. The largest absolute Gasteiger partial charge is 0.506 e. The first-order chi connectivity index (χ1) is 12.0. The van der Waals surface area contributed by atoms with Crippen LogP contribution in [0.4, 0.5) is 28.0 Å². The molecule has 1 aromatic heterocycles. The lowest BCUT2D eigenvalue weighted by atomic mass is 10.1. The molecule has 0 fully saturated rings. The summed E-state index contributed by atoms with van der Waals surface area (Å²) in [7, 11) is 1.03. The van der Waals surface area contributed by atoms with E-state index in [2.05, 4.69) is 14.1 Å². The van der Waals surface area contributed by atoms with Gasteiger partial charge in [0.05, 0.1) is 12.7 Å². The predicted octanol–water partition coefficient (Wildman–Crippen LogP) is 3.07. The molecule has 0 aliphatic heterocycles. The molecular formula is C14H9F5N2O5. The van der Waals surface area contributed by atoms with E-state index in [4.69, 9.17) is 0 Å². The van der Waals surface area contributed by atoms with Gasteiger partial charge in [0, 0.05) is 0 Å². The molecule has 2 aromatic rings. The number of para-hydroxylation sites is 1. The minimum atomic E-state index is -5.90. The van der Waals surface area contributed by atoms with Crippen LogP contribution in [-0.4, -0.2) is 35.3 Å². The lowest BCUT2D eigenvalue weighted by Gasteiger charge is -2.16. The normalized spacial score (nSPS) is 11.9. The van der Waals surface area contributed by atoms with Gasteiger partial charge in [0.15, 0.2) is 5.69 Å². The standard InChI is InChI=1S/C14H9F5N2O5/c1-25-11(24)7-4-2-3-6(9(7)22)10(23)21-12-20-8(5-26-12)13(15,16)14(17,18)19/h2-5,22H,1H3,(H,20,21,23). The minimum Gasteiger partial charge on any atom is -0.506 e. The van der Waals surface area contributed by atoms with Gasteiger partial charge in [-0.15, -0.1) is 0 Å². The number of amides is 1. The fourth-order valence-electron chi connectivity index (χ4n) is 1.79. The summed E-state index contributed by atoms with van der Waals surface area (Å²) in [6.07, 6.45) is -5.87. The number of esters is 1. The summed E-state index contributed by atoms with van der Waals surface area (Å²) in [5.41, 5.74) is -2.61. The van der Waals surface area contributed by atoms with Gasteiger partial charge in [-0.3, -0.25) is 10.1 Å². The number of alkyl halides is 5. The van der Waals surface area contributed by atoms with Crippen LogP contribution in [0.2, 0.25) is 0 Å². The molecule has 0 spiro atoms. The maximum Gasteiger partial charge on any atom is 0.459 e. The van der Waals surface area contributed by atoms with Gasteiger partial charge >= 0.3 is 24.1 Å². The Balaban J connectivity index is 2.26. The number of phenolic OH excluding ortho intramolecular Hbond substituents is 1. The van der Waals surface area contributed by atoms with E-state index in [1.54, 1.807) is 5.32 Å². The Hall–Kier alpha value is -3.18. The number of phenols is 1. The number of aromatic nitrogens is 1. The maximum atomic E-state index is 13.1. The van der Waals surface area contributed by atoms with Crippen molar-refractivity contribution in [1.82, 2.24) is 4.98 Å². The van der Waals surface area contributed by atoms with Crippen LogP contribution in [0.3, 0.4) is 0 Å². The molecule has 0 radical (unpaired) electrons. The summed E-state index contributed by atoms with van der Waals surface area (Å²) in [4.78, 5) is 26.3. The highest BCUT2D eigenvalue weighted by Crippen LogP contribution is 2.43. The number of nitrogens with one attached hydrogen (secondary N) is 1. The van der Waals surface area contributed by atoms with Gasteiger partial charge in [-0.05, 0) is 12.1 Å². The molecule has 0 bridgehead atoms. The molecule has 1 amide bonds. The average molecular weight is 380 g/mol. The molecule has 0 saturated heterocycles. The number of ether oxygens (including phenoxy) is 1. The Kier molecular flexibility index (Phi) is 4.87. The third kappa shape index (κ3) is 3.43. The van der Waals surface area contributed by atoms with Crippen LogP contribution < -0.4 is 5.32 Å². The van der Waals surface area contributed by atoms with E-state index >= 15 is 0 Å². The number of carbonyl (C=O) groups is 2. The number of benzene rings is 1. The second kappa shape index (κ2) is 6.61. The van der Waals surface area contributed by atoms with Gasteiger partial charge in [-0.1, -0.05) is 6.07 Å². The van der Waals surface area contributed by atoms with Crippen LogP contribution >= 0.6 is 0 Å². The van der Waals surface area contributed by atoms with Crippen molar-refractivity contribution in [2.24, 2.45) is 0 Å². The molecule has 2 N–H and O–H groups in total. The molecule has 2 rings (SSSR count). The SMILES string of the molecule is COC(=O)c1cccc(C(=O)Nc2nc(C(F)(F)C(F)(F)F)co2)c1O. The fourth-order valence-corrected chi connectivity index (χ4v) is 1.79. The smallest absolute Gasteiger partial charge is 0.459 e. The minimum absolute atomic E-state index is 0.0355. The fraction of sp³-hybridized carbons (Fsp3) is 0.214. The van der Waals surface area contributed by atoms with E-state index in [0.717, 1.165) is 19.2 Å². The molecular weight excluding hydrogens is 371 g/mol. The molecule has 0 atom stereocenters. The zero-order valence-electron chi connectivity index (χ0n) is 12.7. The van der Waals surface area contributed by atoms with Crippen molar-refractivity contribution in [1.29, 1.82) is 0 Å². The maximum absolute atomic E-state index is 13.1. The zero-order chi connectivity index (χ0) is 19.7. The number of oxazole rings is 1. The van der Waals surface area contributed by atoms with E-state index in [1.807, 2.05) is 0 Å². The third-order valence-corrected chi connectivity index (χ3v) is 3.09. The number of nitrogens with zero attached hydrogens (tertiary/aromatic N) is 1. The van der Waals surface area contributed by atoms with Crippen LogP contribution in [0.15, 0.2) is 28.9 Å². The molecule has 140 valence electrons. The first kappa shape index (κ1) is 19.1.